The van der Waals surface area contributed by atoms with Crippen LogP contribution in [-0.4, -0.2) is 37.3 Å². The number of carbonyl (C=O) groups is 1. The Morgan fingerprint density at radius 1 is 0.767 bits per heavy atom. The summed E-state index contributed by atoms with van der Waals surface area (Å²) in [4.78, 5) is 15.5. The highest BCUT2D eigenvalue weighted by Gasteiger charge is 2.37. The number of hydrogen-bond donors (Lipinski definition) is 1. The van der Waals surface area contributed by atoms with Gasteiger partial charge in [-0.15, -0.1) is 0 Å². The summed E-state index contributed by atoms with van der Waals surface area (Å²) >= 11 is 26.8. The molecule has 0 saturated heterocycles. The minimum Gasteiger partial charge on any atom is -0.478 e. The van der Waals surface area contributed by atoms with Crippen molar-refractivity contribution in [3.8, 4) is 11.5 Å². The number of nitrogens with zero attached hydrogens (tertiary/aromatic N) is 2. The molecule has 3 aromatic carbocycles. The summed E-state index contributed by atoms with van der Waals surface area (Å²) < 4.78 is 9.67. The number of anilines is 1. The Labute approximate surface area is 270 Å². The van der Waals surface area contributed by atoms with Crippen molar-refractivity contribution >= 4 is 63.6 Å². The van der Waals surface area contributed by atoms with Gasteiger partial charge in [-0.1, -0.05) is 46.4 Å². The van der Waals surface area contributed by atoms with Gasteiger partial charge in [0, 0.05) is 64.7 Å². The zero-order valence-electron chi connectivity index (χ0n) is 23.7. The van der Waals surface area contributed by atoms with Gasteiger partial charge >= 0.3 is 5.97 Å². The van der Waals surface area contributed by atoms with E-state index in [-0.39, 0.29) is 25.7 Å². The third-order valence-electron chi connectivity index (χ3n) is 9.92. The summed E-state index contributed by atoms with van der Waals surface area (Å²) in [6, 6.07) is 4.43. The SMILES string of the molecule is O=C(O)c1c(Cl)c(Cl)c(Cl)c(Cl)c1C1=c2cc3c4c(c2Oc2c1cc1c5c2CCCCN5CCC1)CCCC[N+]=4CCC3. The molecular formula is C34H31Cl4N2O3+. The Bertz CT molecular complexity index is 1900. The van der Waals surface area contributed by atoms with E-state index in [1.54, 1.807) is 0 Å². The van der Waals surface area contributed by atoms with Crippen molar-refractivity contribution in [3.05, 3.63) is 81.7 Å². The molecule has 5 heterocycles. The first kappa shape index (κ1) is 28.1. The van der Waals surface area contributed by atoms with Gasteiger partial charge in [0.05, 0.1) is 31.2 Å². The maximum Gasteiger partial charge on any atom is 0.337 e. The fourth-order valence-electron chi connectivity index (χ4n) is 8.17. The molecule has 1 N–H and O–H groups in total. The van der Waals surface area contributed by atoms with E-state index in [4.69, 9.17) is 51.1 Å². The summed E-state index contributed by atoms with van der Waals surface area (Å²) in [5.41, 5.74) is 8.02. The van der Waals surface area contributed by atoms with Crippen LogP contribution in [-0.2, 0) is 25.7 Å². The highest BCUT2D eigenvalue weighted by Crippen LogP contribution is 2.51. The molecule has 5 nitrogen and oxygen atoms in total. The molecule has 0 unspecified atom stereocenters. The van der Waals surface area contributed by atoms with E-state index in [0.29, 0.717) is 5.56 Å². The molecule has 0 radical (unpaired) electrons. The molecule has 0 aliphatic carbocycles. The van der Waals surface area contributed by atoms with Gasteiger partial charge in [0.1, 0.15) is 24.6 Å². The van der Waals surface area contributed by atoms with Gasteiger partial charge in [-0.3, -0.25) is 0 Å². The number of hydrogen-bond acceptors (Lipinski definition) is 3. The average molecular weight is 657 g/mol. The Morgan fingerprint density at radius 3 is 2.33 bits per heavy atom. The summed E-state index contributed by atoms with van der Waals surface area (Å²) in [5, 5.41) is 12.7. The second kappa shape index (κ2) is 10.6. The normalized spacial score (nSPS) is 18.6. The lowest BCUT2D eigenvalue weighted by Crippen LogP contribution is -2.41. The van der Waals surface area contributed by atoms with E-state index in [1.165, 1.54) is 33.3 Å². The van der Waals surface area contributed by atoms with E-state index in [9.17, 15) is 9.90 Å². The monoisotopic (exact) mass is 655 g/mol. The van der Waals surface area contributed by atoms with Crippen molar-refractivity contribution in [3.63, 3.8) is 0 Å². The molecule has 222 valence electrons. The van der Waals surface area contributed by atoms with Crippen LogP contribution in [0.4, 0.5) is 5.69 Å². The molecule has 3 aromatic rings. The molecule has 0 spiro atoms. The smallest absolute Gasteiger partial charge is 0.337 e. The minimum atomic E-state index is -1.20. The number of rotatable bonds is 2. The van der Waals surface area contributed by atoms with Crippen molar-refractivity contribution in [2.45, 2.75) is 64.2 Å². The molecule has 8 rings (SSSR count). The van der Waals surface area contributed by atoms with Crippen LogP contribution in [0.25, 0.3) is 5.57 Å². The van der Waals surface area contributed by atoms with Crippen molar-refractivity contribution < 1.29 is 14.6 Å². The third-order valence-corrected chi connectivity index (χ3v) is 11.7. The predicted octanol–water partition coefficient (Wildman–Crippen LogP) is 7.21. The van der Waals surface area contributed by atoms with Gasteiger partial charge in [0.15, 0.2) is 0 Å². The predicted molar refractivity (Wildman–Crippen MR) is 173 cm³/mol. The molecule has 0 fully saturated rings. The van der Waals surface area contributed by atoms with Crippen molar-refractivity contribution in [2.24, 2.45) is 0 Å². The maximum absolute atomic E-state index is 12.9. The van der Waals surface area contributed by atoms with Crippen LogP contribution in [0.1, 0.15) is 82.3 Å². The van der Waals surface area contributed by atoms with Gasteiger partial charge in [0.2, 0.25) is 5.36 Å². The molecule has 0 aromatic heterocycles. The van der Waals surface area contributed by atoms with E-state index in [0.717, 1.165) is 118 Å². The largest absolute Gasteiger partial charge is 0.478 e. The molecule has 0 amide bonds. The molecule has 5 aliphatic heterocycles. The number of ether oxygens (including phenoxy) is 1. The molecule has 9 heteroatoms. The second-order valence-corrected chi connectivity index (χ2v) is 13.9. The Balaban J connectivity index is 1.59. The van der Waals surface area contributed by atoms with Crippen molar-refractivity contribution in [1.29, 1.82) is 0 Å². The molecule has 5 aliphatic rings. The summed E-state index contributed by atoms with van der Waals surface area (Å²) in [6.07, 6.45) is 10.2. The first-order valence-corrected chi connectivity index (χ1v) is 16.9. The third kappa shape index (κ3) is 4.18. The van der Waals surface area contributed by atoms with Crippen LogP contribution in [0, 0.1) is 0 Å². The Morgan fingerprint density at radius 2 is 1.49 bits per heavy atom. The molecular weight excluding hydrogens is 626 g/mol. The first-order chi connectivity index (χ1) is 20.8. The van der Waals surface area contributed by atoms with Crippen LogP contribution in [0.15, 0.2) is 12.1 Å². The zero-order valence-corrected chi connectivity index (χ0v) is 26.7. The average Bonchev–Trinajstić information content (AvgIpc) is 3.36. The minimum absolute atomic E-state index is 0.0529. The molecule has 0 saturated carbocycles. The van der Waals surface area contributed by atoms with E-state index in [2.05, 4.69) is 21.6 Å². The number of carboxylic acids is 1. The van der Waals surface area contributed by atoms with Crippen LogP contribution < -0.4 is 24.8 Å². The number of carboxylic acid groups (broad SMARTS) is 1. The van der Waals surface area contributed by atoms with Crippen LogP contribution in [0.5, 0.6) is 11.5 Å². The number of halogens is 4. The first-order valence-electron chi connectivity index (χ1n) is 15.4. The lowest BCUT2D eigenvalue weighted by molar-refractivity contribution is 0.0696. The Kier molecular flexibility index (Phi) is 6.91. The van der Waals surface area contributed by atoms with E-state index < -0.39 is 5.97 Å². The lowest BCUT2D eigenvalue weighted by Gasteiger charge is -2.35. The van der Waals surface area contributed by atoms with Gasteiger partial charge < -0.3 is 14.7 Å². The quantitative estimate of drug-likeness (QED) is 0.141. The van der Waals surface area contributed by atoms with Gasteiger partial charge in [-0.2, -0.15) is 0 Å². The number of aryl methyl sites for hydroxylation is 2. The highest BCUT2D eigenvalue weighted by molar-refractivity contribution is 6.53. The second-order valence-electron chi connectivity index (χ2n) is 12.4. The standard InChI is InChI=1S/C34H30Cl4N2O3/c35-26-24(25(34(41)42)27(36)29(38)28(26)37)23-21-15-17-7-5-13-39-11-3-1-9-19(30(17)39)32(21)43-33-20-10-2-4-12-40-14-6-8-18(31(20)40)16-22(23)33/h15-16H,1-14H2/p+1. The number of benzene rings is 3. The summed E-state index contributed by atoms with van der Waals surface area (Å²) in [7, 11) is 0. The Hall–Kier alpha value is -2.44. The van der Waals surface area contributed by atoms with Gasteiger partial charge in [-0.25, -0.2) is 9.37 Å². The summed E-state index contributed by atoms with van der Waals surface area (Å²) in [5.74, 6) is 0.423. The fraction of sp³-hybridized carbons (Fsp3) is 0.412. The topological polar surface area (TPSA) is 52.8 Å². The molecule has 0 bridgehead atoms. The van der Waals surface area contributed by atoms with E-state index >= 15 is 0 Å². The van der Waals surface area contributed by atoms with E-state index in [1.807, 2.05) is 0 Å². The number of fused-ring (bicyclic) bond motifs is 4. The molecule has 0 atom stereocenters. The fourth-order valence-corrected chi connectivity index (χ4v) is 9.19. The lowest BCUT2D eigenvalue weighted by atomic mass is 9.83. The zero-order chi connectivity index (χ0) is 29.6. The van der Waals surface area contributed by atoms with Gasteiger partial charge in [-0.05, 0) is 69.1 Å². The number of aromatic carboxylic acids is 1. The van der Waals surface area contributed by atoms with Crippen molar-refractivity contribution in [1.82, 2.24) is 4.58 Å². The van der Waals surface area contributed by atoms with Crippen LogP contribution in [0.2, 0.25) is 20.1 Å². The maximum atomic E-state index is 12.9. The molecule has 43 heavy (non-hydrogen) atoms. The van der Waals surface area contributed by atoms with Crippen LogP contribution >= 0.6 is 46.4 Å². The summed E-state index contributed by atoms with van der Waals surface area (Å²) in [6.45, 7) is 4.15. The highest BCUT2D eigenvalue weighted by atomic mass is 35.5. The van der Waals surface area contributed by atoms with Gasteiger partial charge in [0.25, 0.3) is 0 Å². The van der Waals surface area contributed by atoms with Crippen LogP contribution in [0.3, 0.4) is 0 Å². The van der Waals surface area contributed by atoms with Crippen molar-refractivity contribution in [2.75, 3.05) is 31.1 Å².